The van der Waals surface area contributed by atoms with Gasteiger partial charge in [0.1, 0.15) is 11.4 Å². The summed E-state index contributed by atoms with van der Waals surface area (Å²) in [6.45, 7) is 4.91. The van der Waals surface area contributed by atoms with Gasteiger partial charge in [0.05, 0.1) is 42.1 Å². The van der Waals surface area contributed by atoms with E-state index < -0.39 is 6.10 Å². The van der Waals surface area contributed by atoms with E-state index >= 15 is 0 Å². The second-order valence-electron chi connectivity index (χ2n) is 9.19. The molecule has 0 radical (unpaired) electrons. The van der Waals surface area contributed by atoms with Gasteiger partial charge in [0.2, 0.25) is 0 Å². The molecule has 1 saturated heterocycles. The molecule has 37 heavy (non-hydrogen) atoms. The Balaban J connectivity index is 1.43. The van der Waals surface area contributed by atoms with Crippen LogP contribution in [-0.2, 0) is 9.47 Å². The molecule has 9 nitrogen and oxygen atoms in total. The van der Waals surface area contributed by atoms with E-state index in [2.05, 4.69) is 32.3 Å². The standard InChI is InChI=1S/C27H30ClN5O4/c1-16-10-19(33-8-9-37-20(14-33)15-36-2)12-22-25(16)32-26(31-22)24-21(6-7-29-27(24)35)30-13-23(34)17-4-3-5-18(28)11-17/h3-7,10-12,20,23,34H,8-9,13-15H2,1-2H3,(H,31,32)(H2,29,30,35)/t20-,23-/m0/s1. The molecule has 4 N–H and O–H groups in total. The number of hydrogen-bond acceptors (Lipinski definition) is 7. The molecule has 194 valence electrons. The van der Waals surface area contributed by atoms with Crippen molar-refractivity contribution in [2.24, 2.45) is 0 Å². The average molecular weight is 524 g/mol. The summed E-state index contributed by atoms with van der Waals surface area (Å²) in [5, 5.41) is 14.4. The molecule has 3 heterocycles. The van der Waals surface area contributed by atoms with Crippen LogP contribution in [-0.4, -0.2) is 66.1 Å². The van der Waals surface area contributed by atoms with Crippen LogP contribution in [0.2, 0.25) is 5.02 Å². The third-order valence-electron chi connectivity index (χ3n) is 6.54. The van der Waals surface area contributed by atoms with E-state index in [9.17, 15) is 9.90 Å². The zero-order valence-electron chi connectivity index (χ0n) is 20.8. The molecule has 10 heteroatoms. The minimum atomic E-state index is -0.804. The van der Waals surface area contributed by atoms with Crippen LogP contribution in [0.1, 0.15) is 17.2 Å². The minimum absolute atomic E-state index is 0.0193. The molecule has 0 bridgehead atoms. The Bertz CT molecular complexity index is 1450. The first kappa shape index (κ1) is 25.3. The van der Waals surface area contributed by atoms with Gasteiger partial charge in [-0.3, -0.25) is 4.79 Å². The van der Waals surface area contributed by atoms with Gasteiger partial charge in [-0.1, -0.05) is 23.7 Å². The van der Waals surface area contributed by atoms with Crippen molar-refractivity contribution in [2.75, 3.05) is 50.2 Å². The number of benzene rings is 2. The Hall–Kier alpha value is -3.37. The molecule has 1 fully saturated rings. The zero-order chi connectivity index (χ0) is 25.9. The van der Waals surface area contributed by atoms with Gasteiger partial charge in [-0.25, -0.2) is 4.98 Å². The Labute approximate surface area is 219 Å². The number of anilines is 2. The van der Waals surface area contributed by atoms with Crippen LogP contribution in [0.4, 0.5) is 11.4 Å². The van der Waals surface area contributed by atoms with Gasteiger partial charge >= 0.3 is 0 Å². The van der Waals surface area contributed by atoms with Crippen molar-refractivity contribution in [1.82, 2.24) is 15.0 Å². The van der Waals surface area contributed by atoms with Crippen molar-refractivity contribution in [1.29, 1.82) is 0 Å². The highest BCUT2D eigenvalue weighted by Crippen LogP contribution is 2.30. The lowest BCUT2D eigenvalue weighted by Gasteiger charge is -2.34. The van der Waals surface area contributed by atoms with Gasteiger partial charge in [0.25, 0.3) is 5.56 Å². The highest BCUT2D eigenvalue weighted by Gasteiger charge is 2.22. The van der Waals surface area contributed by atoms with Gasteiger partial charge in [-0.2, -0.15) is 0 Å². The topological polar surface area (TPSA) is 115 Å². The van der Waals surface area contributed by atoms with Crippen molar-refractivity contribution >= 4 is 34.0 Å². The second kappa shape index (κ2) is 10.9. The lowest BCUT2D eigenvalue weighted by molar-refractivity contribution is -0.0100. The molecule has 2 atom stereocenters. The smallest absolute Gasteiger partial charge is 0.261 e. The van der Waals surface area contributed by atoms with Crippen LogP contribution < -0.4 is 15.8 Å². The van der Waals surface area contributed by atoms with Crippen molar-refractivity contribution in [3.63, 3.8) is 0 Å². The average Bonchev–Trinajstić information content (AvgIpc) is 3.32. The maximum absolute atomic E-state index is 12.9. The number of halogens is 1. The van der Waals surface area contributed by atoms with Crippen LogP contribution in [0.25, 0.3) is 22.4 Å². The summed E-state index contributed by atoms with van der Waals surface area (Å²) in [5.41, 5.74) is 5.06. The number of methoxy groups -OCH3 is 1. The van der Waals surface area contributed by atoms with Crippen LogP contribution in [0.3, 0.4) is 0 Å². The number of hydrogen-bond donors (Lipinski definition) is 4. The van der Waals surface area contributed by atoms with Crippen LogP contribution in [0, 0.1) is 6.92 Å². The summed E-state index contributed by atoms with van der Waals surface area (Å²) in [7, 11) is 1.68. The molecule has 2 aromatic carbocycles. The number of rotatable bonds is 8. The lowest BCUT2D eigenvalue weighted by atomic mass is 10.1. The summed E-state index contributed by atoms with van der Waals surface area (Å²) in [5.74, 6) is 0.455. The fourth-order valence-corrected chi connectivity index (χ4v) is 4.91. The van der Waals surface area contributed by atoms with Crippen molar-refractivity contribution < 1.29 is 14.6 Å². The van der Waals surface area contributed by atoms with E-state index in [1.165, 1.54) is 0 Å². The molecule has 0 unspecified atom stereocenters. The monoisotopic (exact) mass is 523 g/mol. The number of nitrogens with zero attached hydrogens (tertiary/aromatic N) is 2. The van der Waals surface area contributed by atoms with E-state index in [1.807, 2.05) is 13.0 Å². The summed E-state index contributed by atoms with van der Waals surface area (Å²) in [6.07, 6.45) is 0.786. The van der Waals surface area contributed by atoms with E-state index in [0.717, 1.165) is 35.4 Å². The predicted molar refractivity (Wildman–Crippen MR) is 146 cm³/mol. The first-order valence-corrected chi connectivity index (χ1v) is 12.6. The second-order valence-corrected chi connectivity index (χ2v) is 9.62. The number of aromatic nitrogens is 3. The van der Waals surface area contributed by atoms with Crippen LogP contribution in [0.5, 0.6) is 0 Å². The molecule has 0 amide bonds. The van der Waals surface area contributed by atoms with Crippen molar-refractivity contribution in [3.05, 3.63) is 75.2 Å². The quantitative estimate of drug-likeness (QED) is 0.277. The molecule has 0 saturated carbocycles. The normalized spacial score (nSPS) is 16.8. The number of aliphatic hydroxyl groups excluding tert-OH is 1. The van der Waals surface area contributed by atoms with Gasteiger partial charge < -0.3 is 34.8 Å². The first-order valence-electron chi connectivity index (χ1n) is 12.2. The van der Waals surface area contributed by atoms with Gasteiger partial charge in [-0.05, 0) is 48.4 Å². The maximum Gasteiger partial charge on any atom is 0.261 e. The summed E-state index contributed by atoms with van der Waals surface area (Å²) in [6, 6.07) is 13.0. The number of aliphatic hydroxyl groups is 1. The Kier molecular flexibility index (Phi) is 7.48. The van der Waals surface area contributed by atoms with Gasteiger partial charge in [0.15, 0.2) is 0 Å². The maximum atomic E-state index is 12.9. The largest absolute Gasteiger partial charge is 0.387 e. The first-order chi connectivity index (χ1) is 17.9. The molecular formula is C27H30ClN5O4. The molecule has 5 rings (SSSR count). The zero-order valence-corrected chi connectivity index (χ0v) is 21.5. The van der Waals surface area contributed by atoms with E-state index in [4.69, 9.17) is 26.1 Å². The highest BCUT2D eigenvalue weighted by molar-refractivity contribution is 6.30. The molecule has 0 aliphatic carbocycles. The molecule has 2 aromatic heterocycles. The van der Waals surface area contributed by atoms with Crippen molar-refractivity contribution in [3.8, 4) is 11.4 Å². The van der Waals surface area contributed by atoms with Crippen molar-refractivity contribution in [2.45, 2.75) is 19.1 Å². The number of aromatic amines is 2. The Morgan fingerprint density at radius 2 is 2.19 bits per heavy atom. The molecular weight excluding hydrogens is 494 g/mol. The van der Waals surface area contributed by atoms with Gasteiger partial charge in [0, 0.05) is 43.7 Å². The van der Waals surface area contributed by atoms with E-state index in [0.29, 0.717) is 40.9 Å². The molecule has 1 aliphatic rings. The number of ether oxygens (including phenoxy) is 2. The molecule has 1 aliphatic heterocycles. The fourth-order valence-electron chi connectivity index (χ4n) is 4.71. The summed E-state index contributed by atoms with van der Waals surface area (Å²) in [4.78, 5) is 26.0. The van der Waals surface area contributed by atoms with Crippen LogP contribution >= 0.6 is 11.6 Å². The number of morpholine rings is 1. The number of fused-ring (bicyclic) bond motifs is 1. The number of nitrogens with one attached hydrogen (secondary N) is 3. The molecule has 0 spiro atoms. The highest BCUT2D eigenvalue weighted by atomic mass is 35.5. The number of H-pyrrole nitrogens is 2. The number of pyridine rings is 1. The Morgan fingerprint density at radius 1 is 1.32 bits per heavy atom. The minimum Gasteiger partial charge on any atom is -0.387 e. The summed E-state index contributed by atoms with van der Waals surface area (Å²) >= 11 is 6.06. The predicted octanol–water partition coefficient (Wildman–Crippen LogP) is 3.88. The number of imidazole rings is 1. The summed E-state index contributed by atoms with van der Waals surface area (Å²) < 4.78 is 11.1. The fraction of sp³-hybridized carbons (Fsp3) is 0.333. The third kappa shape index (κ3) is 5.50. The van der Waals surface area contributed by atoms with Crippen LogP contribution in [0.15, 0.2) is 53.5 Å². The SMILES string of the molecule is COC[C@@H]1CN(c2cc(C)c3nc(-c4c(NC[C@H](O)c5cccc(Cl)c5)cc[nH]c4=O)[nH]c3c2)CCO1. The number of aryl methyl sites for hydroxylation is 1. The van der Waals surface area contributed by atoms with E-state index in [1.54, 1.807) is 37.6 Å². The lowest BCUT2D eigenvalue weighted by Crippen LogP contribution is -2.44. The van der Waals surface area contributed by atoms with E-state index in [-0.39, 0.29) is 18.2 Å². The third-order valence-corrected chi connectivity index (χ3v) is 6.77. The Morgan fingerprint density at radius 3 is 3.00 bits per heavy atom. The molecule has 4 aromatic rings. The van der Waals surface area contributed by atoms with Gasteiger partial charge in [-0.15, -0.1) is 0 Å².